The Kier molecular flexibility index (Phi) is 5.03. The first kappa shape index (κ1) is 17.2. The lowest BCUT2D eigenvalue weighted by molar-refractivity contribution is -0.916. The van der Waals surface area contributed by atoms with Gasteiger partial charge in [-0.3, -0.25) is 4.79 Å². The zero-order chi connectivity index (χ0) is 16.5. The summed E-state index contributed by atoms with van der Waals surface area (Å²) in [6, 6.07) is 0. The van der Waals surface area contributed by atoms with Gasteiger partial charge in [0.25, 0.3) is 5.91 Å². The second-order valence-electron chi connectivity index (χ2n) is 9.02. The van der Waals surface area contributed by atoms with Crippen molar-refractivity contribution in [1.82, 2.24) is 5.32 Å². The molecule has 2 bridgehead atoms. The smallest absolute Gasteiger partial charge is 0.275 e. The highest BCUT2D eigenvalue weighted by molar-refractivity contribution is 5.77. The zero-order valence-corrected chi connectivity index (χ0v) is 15.4. The molecular formula is C19H37N3O+2. The van der Waals surface area contributed by atoms with Crippen LogP contribution in [0.15, 0.2) is 0 Å². The van der Waals surface area contributed by atoms with Crippen LogP contribution < -0.4 is 15.5 Å². The number of rotatable bonds is 6. The van der Waals surface area contributed by atoms with E-state index in [0.717, 1.165) is 12.5 Å². The van der Waals surface area contributed by atoms with Crippen molar-refractivity contribution in [3.63, 3.8) is 0 Å². The maximum Gasteiger partial charge on any atom is 0.275 e. The van der Waals surface area contributed by atoms with Crippen molar-refractivity contribution in [1.29, 1.82) is 0 Å². The topological polar surface area (TPSA) is 50.1 Å². The minimum absolute atomic E-state index is 0.00103. The number of nitrogens with two attached hydrogens (primary N) is 1. The van der Waals surface area contributed by atoms with Crippen LogP contribution in [-0.4, -0.2) is 44.2 Å². The van der Waals surface area contributed by atoms with Gasteiger partial charge >= 0.3 is 0 Å². The summed E-state index contributed by atoms with van der Waals surface area (Å²) >= 11 is 0. The van der Waals surface area contributed by atoms with Crippen LogP contribution in [0.4, 0.5) is 0 Å². The maximum atomic E-state index is 12.5. The predicted molar refractivity (Wildman–Crippen MR) is 92.2 cm³/mol. The molecule has 0 radical (unpaired) electrons. The number of nitrogens with one attached hydrogen (secondary N) is 2. The van der Waals surface area contributed by atoms with E-state index in [9.17, 15) is 4.79 Å². The Morgan fingerprint density at radius 3 is 2.48 bits per heavy atom. The summed E-state index contributed by atoms with van der Waals surface area (Å²) in [6.07, 6.45) is 8.14. The number of piperidine rings is 1. The van der Waals surface area contributed by atoms with E-state index in [-0.39, 0.29) is 16.9 Å². The van der Waals surface area contributed by atoms with E-state index in [0.29, 0.717) is 12.5 Å². The molecule has 132 valence electrons. The van der Waals surface area contributed by atoms with Crippen LogP contribution in [-0.2, 0) is 4.79 Å². The zero-order valence-electron chi connectivity index (χ0n) is 15.4. The normalized spacial score (nSPS) is 36.3. The highest BCUT2D eigenvalue weighted by atomic mass is 16.2. The molecule has 2 saturated carbocycles. The molecule has 4 N–H and O–H groups in total. The maximum absolute atomic E-state index is 12.5. The van der Waals surface area contributed by atoms with E-state index in [1.165, 1.54) is 58.2 Å². The largest absolute Gasteiger partial charge is 0.345 e. The Balaban J connectivity index is 1.41. The third kappa shape index (κ3) is 3.30. The highest BCUT2D eigenvalue weighted by Crippen LogP contribution is 2.61. The lowest BCUT2D eigenvalue weighted by atomic mass is 9.64. The summed E-state index contributed by atoms with van der Waals surface area (Å²) in [5.74, 6) is 1.72. The molecule has 1 saturated heterocycles. The van der Waals surface area contributed by atoms with Crippen LogP contribution in [0.2, 0.25) is 0 Å². The van der Waals surface area contributed by atoms with Crippen molar-refractivity contribution in [3.8, 4) is 0 Å². The number of fused-ring (bicyclic) bond motifs is 2. The number of carbonyl (C=O) groups is 1. The van der Waals surface area contributed by atoms with Gasteiger partial charge in [0.05, 0.1) is 13.1 Å². The molecule has 0 spiro atoms. The average molecular weight is 324 g/mol. The van der Waals surface area contributed by atoms with Crippen LogP contribution in [0.3, 0.4) is 0 Å². The van der Waals surface area contributed by atoms with Crippen molar-refractivity contribution in [2.45, 2.75) is 64.8 Å². The molecule has 0 aromatic rings. The number of quaternary nitrogens is 2. The van der Waals surface area contributed by atoms with Gasteiger partial charge < -0.3 is 15.5 Å². The lowest BCUT2D eigenvalue weighted by Gasteiger charge is -2.48. The molecule has 23 heavy (non-hydrogen) atoms. The fourth-order valence-electron chi connectivity index (χ4n) is 5.56. The number of hydrogen-bond donors (Lipinski definition) is 3. The van der Waals surface area contributed by atoms with Crippen LogP contribution in [0, 0.1) is 17.3 Å². The van der Waals surface area contributed by atoms with Crippen molar-refractivity contribution >= 4 is 5.91 Å². The summed E-state index contributed by atoms with van der Waals surface area (Å²) in [5.41, 5.74) is 0.239. The number of amides is 1. The quantitative estimate of drug-likeness (QED) is 0.590. The third-order valence-corrected chi connectivity index (χ3v) is 7.60. The number of carbonyl (C=O) groups excluding carboxylic acids is 1. The van der Waals surface area contributed by atoms with E-state index >= 15 is 0 Å². The van der Waals surface area contributed by atoms with Crippen LogP contribution in [0.5, 0.6) is 0 Å². The fraction of sp³-hybridized carbons (Fsp3) is 0.947. The Labute approximate surface area is 141 Å². The molecule has 3 atom stereocenters. The van der Waals surface area contributed by atoms with Gasteiger partial charge in [-0.15, -0.1) is 0 Å². The van der Waals surface area contributed by atoms with Gasteiger partial charge in [0.2, 0.25) is 0 Å². The van der Waals surface area contributed by atoms with E-state index in [1.54, 1.807) is 4.90 Å². The van der Waals surface area contributed by atoms with Gasteiger partial charge in [0, 0.05) is 5.54 Å². The van der Waals surface area contributed by atoms with Crippen molar-refractivity contribution in [2.24, 2.45) is 17.3 Å². The molecule has 1 amide bonds. The minimum atomic E-state index is -0.00103. The van der Waals surface area contributed by atoms with Gasteiger partial charge in [0.1, 0.15) is 13.1 Å². The second kappa shape index (κ2) is 6.72. The van der Waals surface area contributed by atoms with Crippen molar-refractivity contribution < 1.29 is 15.0 Å². The average Bonchev–Trinajstić information content (AvgIpc) is 3.08. The van der Waals surface area contributed by atoms with Crippen LogP contribution in [0.25, 0.3) is 0 Å². The SMILES string of the molecule is CC1(C)[C@H]2CC[C@@H](C2)[C@@]1(C)NC(=O)C[NH2+]CC[NH+]1CCCCC1. The molecule has 1 heterocycles. The number of likely N-dealkylation sites (tertiary alicyclic amines) is 1. The molecule has 0 aromatic carbocycles. The molecule has 4 heteroatoms. The third-order valence-electron chi connectivity index (χ3n) is 7.60. The monoisotopic (exact) mass is 323 g/mol. The van der Waals surface area contributed by atoms with Crippen molar-refractivity contribution in [2.75, 3.05) is 32.7 Å². The van der Waals surface area contributed by atoms with Crippen molar-refractivity contribution in [3.05, 3.63) is 0 Å². The van der Waals surface area contributed by atoms with E-state index in [1.807, 2.05) is 0 Å². The summed E-state index contributed by atoms with van der Waals surface area (Å²) < 4.78 is 0. The Bertz CT molecular complexity index is 430. The summed E-state index contributed by atoms with van der Waals surface area (Å²) in [4.78, 5) is 14.2. The first-order valence-electron chi connectivity index (χ1n) is 9.90. The fourth-order valence-corrected chi connectivity index (χ4v) is 5.56. The summed E-state index contributed by atoms with van der Waals surface area (Å²) in [5, 5.41) is 5.65. The molecule has 3 fully saturated rings. The molecule has 4 nitrogen and oxygen atoms in total. The molecule has 2 aliphatic carbocycles. The summed E-state index contributed by atoms with van der Waals surface area (Å²) in [7, 11) is 0. The van der Waals surface area contributed by atoms with Crippen LogP contribution >= 0.6 is 0 Å². The van der Waals surface area contributed by atoms with Gasteiger partial charge in [-0.25, -0.2) is 0 Å². The van der Waals surface area contributed by atoms with Gasteiger partial charge in [-0.2, -0.15) is 0 Å². The Morgan fingerprint density at radius 1 is 1.13 bits per heavy atom. The molecular weight excluding hydrogens is 286 g/mol. The van der Waals surface area contributed by atoms with Gasteiger partial charge in [-0.05, 0) is 62.7 Å². The molecule has 0 aromatic heterocycles. The minimum Gasteiger partial charge on any atom is -0.345 e. The Morgan fingerprint density at radius 2 is 1.83 bits per heavy atom. The van der Waals surface area contributed by atoms with Gasteiger partial charge in [-0.1, -0.05) is 13.8 Å². The Hall–Kier alpha value is -0.610. The standard InChI is InChI=1S/C19H35N3O/c1-18(2)15-7-8-16(13-15)19(18,3)21-17(23)14-20-9-12-22-10-5-4-6-11-22/h15-16,20H,4-14H2,1-3H3,(H,21,23)/p+2/t15-,16-,19+/m0/s1. The summed E-state index contributed by atoms with van der Waals surface area (Å²) in [6.45, 7) is 12.6. The first-order valence-corrected chi connectivity index (χ1v) is 9.90. The molecule has 0 unspecified atom stereocenters. The number of hydrogen-bond acceptors (Lipinski definition) is 1. The van der Waals surface area contributed by atoms with E-state index in [4.69, 9.17) is 0 Å². The van der Waals surface area contributed by atoms with Gasteiger partial charge in [0.15, 0.2) is 6.54 Å². The molecule has 3 aliphatic rings. The first-order chi connectivity index (χ1) is 10.9. The molecule has 3 rings (SSSR count). The second-order valence-corrected chi connectivity index (χ2v) is 9.02. The van der Waals surface area contributed by atoms with Crippen LogP contribution in [0.1, 0.15) is 59.3 Å². The van der Waals surface area contributed by atoms with E-state index < -0.39 is 0 Å². The van der Waals surface area contributed by atoms with E-state index in [2.05, 4.69) is 31.4 Å². The molecule has 1 aliphatic heterocycles. The predicted octanol–water partition coefficient (Wildman–Crippen LogP) is -0.0504. The highest BCUT2D eigenvalue weighted by Gasteiger charge is 2.60. The lowest BCUT2D eigenvalue weighted by Crippen LogP contribution is -3.15.